The number of amides is 1. The van der Waals surface area contributed by atoms with Gasteiger partial charge in [0.15, 0.2) is 0 Å². The van der Waals surface area contributed by atoms with Crippen molar-refractivity contribution in [2.24, 2.45) is 0 Å². The summed E-state index contributed by atoms with van der Waals surface area (Å²) in [7, 11) is 1.68. The van der Waals surface area contributed by atoms with Crippen LogP contribution in [0.15, 0.2) is 65.6 Å². The van der Waals surface area contributed by atoms with Gasteiger partial charge in [-0.15, -0.1) is 11.8 Å². The van der Waals surface area contributed by atoms with Gasteiger partial charge < -0.3 is 14.5 Å². The molecule has 3 aromatic rings. The molecule has 0 bridgehead atoms. The summed E-state index contributed by atoms with van der Waals surface area (Å²) in [4.78, 5) is 18.1. The topological polar surface area (TPSA) is 32.8 Å². The zero-order chi connectivity index (χ0) is 20.2. The van der Waals surface area contributed by atoms with E-state index in [4.69, 9.17) is 16.3 Å². The molecule has 1 aliphatic rings. The van der Waals surface area contributed by atoms with Gasteiger partial charge in [-0.1, -0.05) is 41.9 Å². The van der Waals surface area contributed by atoms with Crippen molar-refractivity contribution >= 4 is 45.7 Å². The largest absolute Gasteiger partial charge is 0.497 e. The Hall–Kier alpha value is -2.37. The molecule has 0 spiro atoms. The number of ether oxygens (including phenoxy) is 1. The maximum Gasteiger partial charge on any atom is 0.233 e. The van der Waals surface area contributed by atoms with Crippen LogP contribution in [-0.2, 0) is 4.79 Å². The second-order valence-electron chi connectivity index (χ2n) is 6.95. The second kappa shape index (κ2) is 8.97. The molecule has 1 saturated heterocycles. The first-order valence-corrected chi connectivity index (χ1v) is 11.0. The Balaban J connectivity index is 1.36. The lowest BCUT2D eigenvalue weighted by Crippen LogP contribution is -2.49. The number of nitrogens with zero attached hydrogens (tertiary/aromatic N) is 2. The van der Waals surface area contributed by atoms with Crippen LogP contribution >= 0.6 is 23.4 Å². The van der Waals surface area contributed by atoms with Crippen LogP contribution < -0.4 is 9.64 Å². The highest BCUT2D eigenvalue weighted by Gasteiger charge is 2.22. The maximum atomic E-state index is 12.8. The van der Waals surface area contributed by atoms with Crippen LogP contribution in [0.3, 0.4) is 0 Å². The zero-order valence-electron chi connectivity index (χ0n) is 16.3. The van der Waals surface area contributed by atoms with Crippen molar-refractivity contribution in [3.8, 4) is 5.75 Å². The lowest BCUT2D eigenvalue weighted by molar-refractivity contribution is -0.128. The van der Waals surface area contributed by atoms with Crippen LogP contribution in [0.1, 0.15) is 0 Å². The van der Waals surface area contributed by atoms with E-state index in [0.717, 1.165) is 58.3 Å². The van der Waals surface area contributed by atoms with Crippen molar-refractivity contribution < 1.29 is 9.53 Å². The Morgan fingerprint density at radius 3 is 2.52 bits per heavy atom. The zero-order valence-corrected chi connectivity index (χ0v) is 17.9. The number of rotatable bonds is 5. The Bertz CT molecular complexity index is 1010. The molecule has 0 radical (unpaired) electrons. The van der Waals surface area contributed by atoms with E-state index in [1.165, 1.54) is 0 Å². The van der Waals surface area contributed by atoms with Crippen molar-refractivity contribution in [1.29, 1.82) is 0 Å². The first-order chi connectivity index (χ1) is 14.2. The fourth-order valence-electron chi connectivity index (χ4n) is 3.63. The molecule has 0 aromatic heterocycles. The molecule has 1 aliphatic heterocycles. The third-order valence-corrected chi connectivity index (χ3v) is 6.58. The van der Waals surface area contributed by atoms with Gasteiger partial charge in [0.2, 0.25) is 5.91 Å². The molecule has 29 heavy (non-hydrogen) atoms. The molecule has 0 aliphatic carbocycles. The van der Waals surface area contributed by atoms with E-state index in [1.54, 1.807) is 18.9 Å². The number of methoxy groups -OCH3 is 1. The van der Waals surface area contributed by atoms with Crippen molar-refractivity contribution in [2.45, 2.75) is 4.90 Å². The van der Waals surface area contributed by atoms with Gasteiger partial charge in [-0.05, 0) is 29.7 Å². The van der Waals surface area contributed by atoms with E-state index in [1.807, 2.05) is 59.5 Å². The summed E-state index contributed by atoms with van der Waals surface area (Å²) >= 11 is 7.96. The first kappa shape index (κ1) is 19.9. The molecule has 1 fully saturated rings. The summed E-state index contributed by atoms with van der Waals surface area (Å²) in [5, 5.41) is 2.85. The first-order valence-electron chi connectivity index (χ1n) is 9.62. The van der Waals surface area contributed by atoms with Gasteiger partial charge in [0.25, 0.3) is 0 Å². The van der Waals surface area contributed by atoms with Crippen molar-refractivity contribution in [1.82, 2.24) is 4.90 Å². The maximum absolute atomic E-state index is 12.8. The minimum absolute atomic E-state index is 0.171. The molecule has 3 aromatic carbocycles. The van der Waals surface area contributed by atoms with Gasteiger partial charge in [0, 0.05) is 53.2 Å². The number of piperazine rings is 1. The van der Waals surface area contributed by atoms with E-state index in [0.29, 0.717) is 5.75 Å². The van der Waals surface area contributed by atoms with Gasteiger partial charge >= 0.3 is 0 Å². The average molecular weight is 427 g/mol. The van der Waals surface area contributed by atoms with Gasteiger partial charge in [-0.2, -0.15) is 0 Å². The number of thioether (sulfide) groups is 1. The summed E-state index contributed by atoms with van der Waals surface area (Å²) in [5.41, 5.74) is 1.14. The van der Waals surface area contributed by atoms with E-state index < -0.39 is 0 Å². The summed E-state index contributed by atoms with van der Waals surface area (Å²) in [5.74, 6) is 1.44. The van der Waals surface area contributed by atoms with Crippen LogP contribution in [0.25, 0.3) is 10.8 Å². The third kappa shape index (κ3) is 4.46. The number of fused-ring (bicyclic) bond motifs is 1. The number of halogens is 1. The highest BCUT2D eigenvalue weighted by atomic mass is 35.5. The Labute approximate surface area is 180 Å². The summed E-state index contributed by atoms with van der Waals surface area (Å²) in [6.07, 6.45) is 0. The second-order valence-corrected chi connectivity index (χ2v) is 8.38. The highest BCUT2D eigenvalue weighted by molar-refractivity contribution is 8.00. The molecule has 0 atom stereocenters. The lowest BCUT2D eigenvalue weighted by atomic mass is 10.1. The van der Waals surface area contributed by atoms with Crippen LogP contribution in [0.2, 0.25) is 5.02 Å². The SMILES string of the molecule is COc1cccc(N2CCN(C(=O)CSc3cccc4cccc(Cl)c34)CC2)c1. The fourth-order valence-corrected chi connectivity index (χ4v) is 4.98. The minimum atomic E-state index is 0.171. The van der Waals surface area contributed by atoms with Crippen molar-refractivity contribution in [2.75, 3.05) is 43.9 Å². The van der Waals surface area contributed by atoms with Crippen molar-refractivity contribution in [3.05, 3.63) is 65.7 Å². The lowest BCUT2D eigenvalue weighted by Gasteiger charge is -2.36. The summed E-state index contributed by atoms with van der Waals surface area (Å²) < 4.78 is 5.31. The number of benzene rings is 3. The molecular weight excluding hydrogens is 404 g/mol. The summed E-state index contributed by atoms with van der Waals surface area (Å²) in [6.45, 7) is 3.10. The molecule has 0 saturated carbocycles. The predicted molar refractivity (Wildman–Crippen MR) is 121 cm³/mol. The Kier molecular flexibility index (Phi) is 6.16. The highest BCUT2D eigenvalue weighted by Crippen LogP contribution is 2.33. The molecule has 0 unspecified atom stereocenters. The normalized spacial score (nSPS) is 14.3. The number of carbonyl (C=O) groups excluding carboxylic acids is 1. The van der Waals surface area contributed by atoms with E-state index in [2.05, 4.69) is 11.0 Å². The van der Waals surface area contributed by atoms with Gasteiger partial charge in [0.1, 0.15) is 5.75 Å². The average Bonchev–Trinajstić information content (AvgIpc) is 2.77. The monoisotopic (exact) mass is 426 g/mol. The van der Waals surface area contributed by atoms with Gasteiger partial charge in [-0.3, -0.25) is 4.79 Å². The molecule has 1 amide bonds. The fraction of sp³-hybridized carbons (Fsp3) is 0.261. The third-order valence-electron chi connectivity index (χ3n) is 5.22. The van der Waals surface area contributed by atoms with Crippen LogP contribution in [0, 0.1) is 0 Å². The van der Waals surface area contributed by atoms with E-state index in [-0.39, 0.29) is 5.91 Å². The molecular formula is C23H23ClN2O2S. The molecule has 150 valence electrons. The molecule has 6 heteroatoms. The van der Waals surface area contributed by atoms with Gasteiger partial charge in [-0.25, -0.2) is 0 Å². The molecule has 4 nitrogen and oxygen atoms in total. The number of anilines is 1. The van der Waals surface area contributed by atoms with Crippen LogP contribution in [0.4, 0.5) is 5.69 Å². The number of hydrogen-bond acceptors (Lipinski definition) is 4. The minimum Gasteiger partial charge on any atom is -0.497 e. The van der Waals surface area contributed by atoms with E-state index in [9.17, 15) is 4.79 Å². The molecule has 4 rings (SSSR count). The van der Waals surface area contributed by atoms with Crippen LogP contribution in [0.5, 0.6) is 5.75 Å². The Morgan fingerprint density at radius 2 is 1.76 bits per heavy atom. The van der Waals surface area contributed by atoms with E-state index >= 15 is 0 Å². The number of carbonyl (C=O) groups is 1. The predicted octanol–water partition coefficient (Wildman–Crippen LogP) is 4.94. The van der Waals surface area contributed by atoms with Crippen LogP contribution in [-0.4, -0.2) is 49.8 Å². The smallest absolute Gasteiger partial charge is 0.233 e. The molecule has 1 heterocycles. The molecule has 0 N–H and O–H groups in total. The summed E-state index contributed by atoms with van der Waals surface area (Å²) in [6, 6.07) is 20.1. The standard InChI is InChI=1S/C23H23ClN2O2S/c1-28-19-8-4-7-18(15-19)25-11-13-26(14-12-25)22(27)16-29-21-10-3-6-17-5-2-9-20(24)23(17)21/h2-10,15H,11-14,16H2,1H3. The quantitative estimate of drug-likeness (QED) is 0.541. The Morgan fingerprint density at radius 1 is 1.03 bits per heavy atom. The van der Waals surface area contributed by atoms with Crippen molar-refractivity contribution in [3.63, 3.8) is 0 Å². The van der Waals surface area contributed by atoms with Gasteiger partial charge in [0.05, 0.1) is 12.9 Å². The number of hydrogen-bond donors (Lipinski definition) is 0.